The molecule has 11 nitrogen and oxygen atoms in total. The molecule has 0 aromatic heterocycles. The van der Waals surface area contributed by atoms with Gasteiger partial charge in [0, 0.05) is 12.8 Å². The number of hydrogen-bond donors (Lipinski definition) is 3. The molecule has 0 fully saturated rings. The summed E-state index contributed by atoms with van der Waals surface area (Å²) in [4.78, 5) is 46.0. The molecule has 332 valence electrons. The van der Waals surface area contributed by atoms with Crippen molar-refractivity contribution in [3.05, 3.63) is 36.5 Å². The second-order valence-electron chi connectivity index (χ2n) is 15.2. The number of phosphoric acid groups is 1. The minimum Gasteiger partial charge on any atom is -0.480 e. The summed E-state index contributed by atoms with van der Waals surface area (Å²) in [6, 6.07) is -1.52. The first-order valence-electron chi connectivity index (χ1n) is 22.5. The zero-order chi connectivity index (χ0) is 42.1. The topological polar surface area (TPSA) is 172 Å². The minimum absolute atomic E-state index is 0.155. The molecule has 0 saturated carbocycles. The summed E-state index contributed by atoms with van der Waals surface area (Å²) in [6.07, 6.45) is 43.4. The van der Waals surface area contributed by atoms with Crippen molar-refractivity contribution in [3.63, 3.8) is 0 Å². The van der Waals surface area contributed by atoms with Crippen molar-refractivity contribution in [2.24, 2.45) is 5.73 Å². The van der Waals surface area contributed by atoms with E-state index in [0.717, 1.165) is 70.6 Å². The van der Waals surface area contributed by atoms with Crippen LogP contribution in [0, 0.1) is 0 Å². The molecule has 0 aromatic carbocycles. The molecule has 0 amide bonds. The van der Waals surface area contributed by atoms with Crippen LogP contribution in [-0.2, 0) is 37.5 Å². The predicted octanol–water partition coefficient (Wildman–Crippen LogP) is 12.0. The zero-order valence-electron chi connectivity index (χ0n) is 35.9. The molecular weight excluding hydrogens is 745 g/mol. The molecule has 4 N–H and O–H groups in total. The van der Waals surface area contributed by atoms with Crippen molar-refractivity contribution in [2.45, 2.75) is 212 Å². The first kappa shape index (κ1) is 54.7. The van der Waals surface area contributed by atoms with Crippen LogP contribution in [0.1, 0.15) is 200 Å². The van der Waals surface area contributed by atoms with Gasteiger partial charge < -0.3 is 25.2 Å². The number of esters is 2. The number of unbranched alkanes of at least 4 members (excludes halogenated alkanes) is 22. The fraction of sp³-hybridized carbons (Fsp3) is 0.800. The molecule has 0 aliphatic rings. The summed E-state index contributed by atoms with van der Waals surface area (Å²) in [5.41, 5.74) is 5.33. The van der Waals surface area contributed by atoms with Gasteiger partial charge in [-0.3, -0.25) is 23.4 Å². The normalized spacial score (nSPS) is 14.0. The van der Waals surface area contributed by atoms with E-state index >= 15 is 0 Å². The maximum absolute atomic E-state index is 12.6. The Balaban J connectivity index is 4.34. The number of phosphoric ester groups is 1. The standard InChI is InChI=1S/C45H82NO10P/c1-3-5-7-9-11-13-15-17-19-20-21-22-23-25-27-29-31-33-35-37-44(48)56-41(39-54-57(51,52)55-40-42(46)45(49)50)38-53-43(47)36-34-32-30-28-26-24-18-16-14-12-10-8-6-4-2/h11,13,16-19,41-42H,3-10,12,14-15,20-40,46H2,1-2H3,(H,49,50)(H,51,52)/b13-11-,18-16-,19-17-. The van der Waals surface area contributed by atoms with Crippen LogP contribution >= 0.6 is 7.82 Å². The van der Waals surface area contributed by atoms with Gasteiger partial charge in [0.25, 0.3) is 0 Å². The second-order valence-corrected chi connectivity index (χ2v) is 16.6. The van der Waals surface area contributed by atoms with E-state index in [1.54, 1.807) is 0 Å². The van der Waals surface area contributed by atoms with Crippen LogP contribution in [0.15, 0.2) is 36.5 Å². The molecule has 12 heteroatoms. The first-order chi connectivity index (χ1) is 27.6. The molecule has 0 saturated heterocycles. The van der Waals surface area contributed by atoms with Crippen LogP contribution in [0.3, 0.4) is 0 Å². The lowest BCUT2D eigenvalue weighted by atomic mass is 10.1. The van der Waals surface area contributed by atoms with Crippen molar-refractivity contribution < 1.29 is 47.5 Å². The van der Waals surface area contributed by atoms with E-state index in [4.69, 9.17) is 24.8 Å². The van der Waals surface area contributed by atoms with Crippen LogP contribution in [0.2, 0.25) is 0 Å². The van der Waals surface area contributed by atoms with Gasteiger partial charge in [-0.2, -0.15) is 0 Å². The molecule has 0 bridgehead atoms. The van der Waals surface area contributed by atoms with E-state index in [2.05, 4.69) is 54.8 Å². The van der Waals surface area contributed by atoms with E-state index in [1.165, 1.54) is 89.9 Å². The Morgan fingerprint density at radius 2 is 0.930 bits per heavy atom. The van der Waals surface area contributed by atoms with Gasteiger partial charge in [-0.1, -0.05) is 153 Å². The molecule has 3 atom stereocenters. The molecule has 0 aliphatic heterocycles. The highest BCUT2D eigenvalue weighted by atomic mass is 31.2. The van der Waals surface area contributed by atoms with Crippen molar-refractivity contribution in [1.82, 2.24) is 0 Å². The van der Waals surface area contributed by atoms with E-state index < -0.39 is 51.1 Å². The van der Waals surface area contributed by atoms with Gasteiger partial charge in [0.1, 0.15) is 12.6 Å². The lowest BCUT2D eigenvalue weighted by Crippen LogP contribution is -2.34. The van der Waals surface area contributed by atoms with Crippen LogP contribution in [0.5, 0.6) is 0 Å². The minimum atomic E-state index is -4.72. The molecular formula is C45H82NO10P. The molecule has 57 heavy (non-hydrogen) atoms. The van der Waals surface area contributed by atoms with Gasteiger partial charge >= 0.3 is 25.7 Å². The Labute approximate surface area is 346 Å². The highest BCUT2D eigenvalue weighted by Crippen LogP contribution is 2.43. The average Bonchev–Trinajstić information content (AvgIpc) is 3.19. The van der Waals surface area contributed by atoms with Crippen LogP contribution < -0.4 is 5.73 Å². The quantitative estimate of drug-likeness (QED) is 0.0231. The number of hydrogen-bond acceptors (Lipinski definition) is 9. The fourth-order valence-corrected chi connectivity index (χ4v) is 6.81. The summed E-state index contributed by atoms with van der Waals surface area (Å²) in [6.45, 7) is 2.76. The lowest BCUT2D eigenvalue weighted by Gasteiger charge is -2.20. The van der Waals surface area contributed by atoms with Crippen LogP contribution in [0.25, 0.3) is 0 Å². The highest BCUT2D eigenvalue weighted by molar-refractivity contribution is 7.47. The summed E-state index contributed by atoms with van der Waals surface area (Å²) in [5, 5.41) is 8.89. The SMILES string of the molecule is CCCCC/C=C\C/C=C\CCCCCCCCCCCC(=O)OC(COC(=O)CCCCCCC/C=C\CCCCCCC)COP(=O)(O)OCC(N)C(=O)O. The Morgan fingerprint density at radius 1 is 0.544 bits per heavy atom. The molecule has 0 aromatic rings. The molecule has 0 spiro atoms. The van der Waals surface area contributed by atoms with Gasteiger partial charge in [0.2, 0.25) is 0 Å². The summed E-state index contributed by atoms with van der Waals surface area (Å²) >= 11 is 0. The van der Waals surface area contributed by atoms with Crippen molar-refractivity contribution in [1.29, 1.82) is 0 Å². The van der Waals surface area contributed by atoms with Crippen LogP contribution in [-0.4, -0.2) is 59.9 Å². The molecule has 0 aliphatic carbocycles. The number of carbonyl (C=O) groups is 3. The van der Waals surface area contributed by atoms with E-state index in [-0.39, 0.29) is 19.4 Å². The molecule has 3 unspecified atom stereocenters. The number of ether oxygens (including phenoxy) is 2. The van der Waals surface area contributed by atoms with Gasteiger partial charge in [-0.25, -0.2) is 4.57 Å². The van der Waals surface area contributed by atoms with Crippen molar-refractivity contribution >= 4 is 25.7 Å². The van der Waals surface area contributed by atoms with E-state index in [1.807, 2.05) is 0 Å². The third-order valence-corrected chi connectivity index (χ3v) is 10.6. The van der Waals surface area contributed by atoms with Crippen molar-refractivity contribution in [3.8, 4) is 0 Å². The second kappa shape index (κ2) is 40.5. The number of rotatable bonds is 42. The fourth-order valence-electron chi connectivity index (χ4n) is 6.03. The maximum Gasteiger partial charge on any atom is 0.472 e. The lowest BCUT2D eigenvalue weighted by molar-refractivity contribution is -0.161. The Morgan fingerprint density at radius 3 is 1.42 bits per heavy atom. The van der Waals surface area contributed by atoms with Gasteiger partial charge in [0.05, 0.1) is 13.2 Å². The number of carboxylic acids is 1. The van der Waals surface area contributed by atoms with E-state index in [0.29, 0.717) is 12.8 Å². The monoisotopic (exact) mass is 828 g/mol. The largest absolute Gasteiger partial charge is 0.480 e. The highest BCUT2D eigenvalue weighted by Gasteiger charge is 2.28. The number of carboxylic acid groups (broad SMARTS) is 1. The summed E-state index contributed by atoms with van der Waals surface area (Å²) in [5.74, 6) is -2.39. The smallest absolute Gasteiger partial charge is 0.472 e. The molecule has 0 heterocycles. The Kier molecular flexibility index (Phi) is 38.8. The zero-order valence-corrected chi connectivity index (χ0v) is 36.8. The number of aliphatic carboxylic acids is 1. The number of nitrogens with two attached hydrogens (primary N) is 1. The molecule has 0 rings (SSSR count). The maximum atomic E-state index is 12.6. The van der Waals surface area contributed by atoms with Gasteiger partial charge in [-0.15, -0.1) is 0 Å². The summed E-state index contributed by atoms with van der Waals surface area (Å²) < 4.78 is 32.7. The average molecular weight is 828 g/mol. The van der Waals surface area contributed by atoms with Gasteiger partial charge in [0.15, 0.2) is 6.10 Å². The first-order valence-corrected chi connectivity index (χ1v) is 24.0. The Hall–Kier alpha value is -2.30. The number of allylic oxidation sites excluding steroid dienone is 6. The van der Waals surface area contributed by atoms with Crippen molar-refractivity contribution in [2.75, 3.05) is 19.8 Å². The summed E-state index contributed by atoms with van der Waals surface area (Å²) in [7, 11) is -4.72. The van der Waals surface area contributed by atoms with Crippen LogP contribution in [0.4, 0.5) is 0 Å². The molecule has 0 radical (unpaired) electrons. The third kappa shape index (κ3) is 40.3. The number of carbonyl (C=O) groups excluding carboxylic acids is 2. The predicted molar refractivity (Wildman–Crippen MR) is 231 cm³/mol. The Bertz CT molecular complexity index is 1110. The van der Waals surface area contributed by atoms with Gasteiger partial charge in [-0.05, 0) is 70.6 Å². The third-order valence-electron chi connectivity index (χ3n) is 9.61. The van der Waals surface area contributed by atoms with E-state index in [9.17, 15) is 23.8 Å².